The van der Waals surface area contributed by atoms with E-state index < -0.39 is 0 Å². The Morgan fingerprint density at radius 1 is 1.30 bits per heavy atom. The zero-order valence-corrected chi connectivity index (χ0v) is 16.6. The molecule has 0 unspecified atom stereocenters. The third-order valence-electron chi connectivity index (χ3n) is 5.31. The van der Waals surface area contributed by atoms with Crippen LogP contribution in [0.5, 0.6) is 0 Å². The monoisotopic (exact) mass is 389 g/mol. The van der Waals surface area contributed by atoms with E-state index >= 15 is 0 Å². The van der Waals surface area contributed by atoms with Crippen molar-refractivity contribution in [3.8, 4) is 0 Å². The van der Waals surface area contributed by atoms with Gasteiger partial charge in [0.15, 0.2) is 5.16 Å². The van der Waals surface area contributed by atoms with Crippen LogP contribution in [0, 0.1) is 0 Å². The lowest BCUT2D eigenvalue weighted by Crippen LogP contribution is -2.45. The fraction of sp³-hybridized carbons (Fsp3) is 0.632. The van der Waals surface area contributed by atoms with Crippen molar-refractivity contribution in [2.75, 3.05) is 25.4 Å². The van der Waals surface area contributed by atoms with Crippen molar-refractivity contribution in [1.29, 1.82) is 0 Å². The number of nitrogens with zero attached hydrogens (tertiary/aromatic N) is 4. The third kappa shape index (κ3) is 4.73. The Hall–Kier alpha value is -1.80. The first-order valence-electron chi connectivity index (χ1n) is 9.83. The molecule has 1 aliphatic heterocycles. The van der Waals surface area contributed by atoms with Crippen LogP contribution in [0.1, 0.15) is 50.1 Å². The van der Waals surface area contributed by atoms with Crippen molar-refractivity contribution in [3.63, 3.8) is 0 Å². The van der Waals surface area contributed by atoms with Crippen LogP contribution in [0.15, 0.2) is 28.0 Å². The Labute approximate surface area is 163 Å². The molecule has 2 aliphatic rings. The third-order valence-corrected chi connectivity index (χ3v) is 6.28. The van der Waals surface area contributed by atoms with Crippen LogP contribution in [0.2, 0.25) is 0 Å². The maximum absolute atomic E-state index is 12.4. The van der Waals surface area contributed by atoms with Gasteiger partial charge in [-0.25, -0.2) is 0 Å². The van der Waals surface area contributed by atoms with E-state index in [4.69, 9.17) is 4.42 Å². The highest BCUT2D eigenvalue weighted by Crippen LogP contribution is 2.40. The second-order valence-electron chi connectivity index (χ2n) is 7.35. The van der Waals surface area contributed by atoms with Gasteiger partial charge in [0.25, 0.3) is 0 Å². The van der Waals surface area contributed by atoms with Gasteiger partial charge in [-0.3, -0.25) is 9.36 Å². The van der Waals surface area contributed by atoms with Crippen LogP contribution in [0.25, 0.3) is 0 Å². The summed E-state index contributed by atoms with van der Waals surface area (Å²) in [6.45, 7) is 6.02. The minimum Gasteiger partial charge on any atom is -0.467 e. The molecule has 8 heteroatoms. The first-order chi connectivity index (χ1) is 13.2. The minimum absolute atomic E-state index is 0.0791. The van der Waals surface area contributed by atoms with E-state index in [1.54, 1.807) is 6.26 Å². The Balaban J connectivity index is 1.33. The van der Waals surface area contributed by atoms with Gasteiger partial charge >= 0.3 is 0 Å². The fourth-order valence-electron chi connectivity index (χ4n) is 3.55. The van der Waals surface area contributed by atoms with Gasteiger partial charge < -0.3 is 14.6 Å². The molecule has 1 aliphatic carbocycles. The Bertz CT molecular complexity index is 748. The molecular formula is C19H27N5O2S. The Kier molecular flexibility index (Phi) is 5.83. The number of likely N-dealkylation sites (tertiary alicyclic amines) is 1. The smallest absolute Gasteiger partial charge is 0.230 e. The van der Waals surface area contributed by atoms with E-state index in [9.17, 15) is 4.79 Å². The van der Waals surface area contributed by atoms with Gasteiger partial charge in [-0.2, -0.15) is 0 Å². The molecule has 1 saturated carbocycles. The molecule has 1 amide bonds. The number of thioether (sulfide) groups is 1. The van der Waals surface area contributed by atoms with Crippen LogP contribution in [0.4, 0.5) is 0 Å². The highest BCUT2D eigenvalue weighted by Gasteiger charge is 2.31. The number of piperidine rings is 1. The van der Waals surface area contributed by atoms with Gasteiger partial charge in [-0.05, 0) is 44.4 Å². The molecule has 27 heavy (non-hydrogen) atoms. The predicted octanol–water partition coefficient (Wildman–Crippen LogP) is 2.49. The highest BCUT2D eigenvalue weighted by atomic mass is 32.2. The number of aromatic nitrogens is 3. The predicted molar refractivity (Wildman–Crippen MR) is 104 cm³/mol. The summed E-state index contributed by atoms with van der Waals surface area (Å²) >= 11 is 1.46. The van der Waals surface area contributed by atoms with Gasteiger partial charge in [0.1, 0.15) is 11.6 Å². The molecule has 3 heterocycles. The minimum atomic E-state index is 0.0791. The molecule has 1 saturated heterocycles. The number of amides is 1. The summed E-state index contributed by atoms with van der Waals surface area (Å²) in [6, 6.07) is 4.14. The van der Waals surface area contributed by atoms with E-state index in [0.717, 1.165) is 62.1 Å². The summed E-state index contributed by atoms with van der Waals surface area (Å²) in [5, 5.41) is 12.7. The van der Waals surface area contributed by atoms with Crippen molar-refractivity contribution in [2.24, 2.45) is 0 Å². The van der Waals surface area contributed by atoms with Crippen LogP contribution in [-0.2, 0) is 11.3 Å². The van der Waals surface area contributed by atoms with Gasteiger partial charge in [-0.1, -0.05) is 18.7 Å². The lowest BCUT2D eigenvalue weighted by molar-refractivity contribution is -0.119. The molecular weight excluding hydrogens is 362 g/mol. The van der Waals surface area contributed by atoms with Gasteiger partial charge in [0.05, 0.1) is 18.6 Å². The van der Waals surface area contributed by atoms with Gasteiger partial charge in [0.2, 0.25) is 5.91 Å². The highest BCUT2D eigenvalue weighted by molar-refractivity contribution is 7.99. The molecule has 0 atom stereocenters. The zero-order valence-electron chi connectivity index (χ0n) is 15.8. The molecule has 2 aromatic rings. The SMILES string of the molecule is CCN1CCC(NC(=O)CSc2nnc(C3CC3)n2Cc2ccco2)CC1. The molecule has 146 valence electrons. The van der Waals surface area contributed by atoms with Crippen molar-refractivity contribution < 1.29 is 9.21 Å². The number of hydrogen-bond acceptors (Lipinski definition) is 6. The van der Waals surface area contributed by atoms with Crippen molar-refractivity contribution in [2.45, 2.75) is 56.3 Å². The lowest BCUT2D eigenvalue weighted by Gasteiger charge is -2.31. The van der Waals surface area contributed by atoms with E-state index in [1.807, 2.05) is 12.1 Å². The first kappa shape index (κ1) is 18.6. The van der Waals surface area contributed by atoms with E-state index in [1.165, 1.54) is 11.8 Å². The number of carbonyl (C=O) groups is 1. The summed E-state index contributed by atoms with van der Waals surface area (Å²) in [5.41, 5.74) is 0. The fourth-order valence-corrected chi connectivity index (χ4v) is 4.31. The number of rotatable bonds is 8. The Morgan fingerprint density at radius 3 is 2.78 bits per heavy atom. The number of hydrogen-bond donors (Lipinski definition) is 1. The second-order valence-corrected chi connectivity index (χ2v) is 8.29. The second kappa shape index (κ2) is 8.48. The number of carbonyl (C=O) groups excluding carboxylic acids is 1. The quantitative estimate of drug-likeness (QED) is 0.699. The first-order valence-corrected chi connectivity index (χ1v) is 10.8. The molecule has 0 bridgehead atoms. The molecule has 0 spiro atoms. The average molecular weight is 390 g/mol. The summed E-state index contributed by atoms with van der Waals surface area (Å²) in [4.78, 5) is 14.8. The van der Waals surface area contributed by atoms with Crippen molar-refractivity contribution in [3.05, 3.63) is 30.0 Å². The number of furan rings is 1. The van der Waals surface area contributed by atoms with Crippen LogP contribution >= 0.6 is 11.8 Å². The van der Waals surface area contributed by atoms with Crippen LogP contribution in [0.3, 0.4) is 0 Å². The summed E-state index contributed by atoms with van der Waals surface area (Å²) in [5.74, 6) is 2.84. The van der Waals surface area contributed by atoms with E-state index in [0.29, 0.717) is 24.3 Å². The molecule has 7 nitrogen and oxygen atoms in total. The van der Waals surface area contributed by atoms with Crippen molar-refractivity contribution >= 4 is 17.7 Å². The van der Waals surface area contributed by atoms with E-state index in [2.05, 4.69) is 31.9 Å². The largest absolute Gasteiger partial charge is 0.467 e. The van der Waals surface area contributed by atoms with E-state index in [-0.39, 0.29) is 5.91 Å². The summed E-state index contributed by atoms with van der Waals surface area (Å²) in [6.07, 6.45) is 6.08. The van der Waals surface area contributed by atoms with Crippen LogP contribution < -0.4 is 5.32 Å². The Morgan fingerprint density at radius 2 is 2.11 bits per heavy atom. The topological polar surface area (TPSA) is 76.2 Å². The van der Waals surface area contributed by atoms with Gasteiger partial charge in [0, 0.05) is 25.0 Å². The maximum atomic E-state index is 12.4. The summed E-state index contributed by atoms with van der Waals surface area (Å²) in [7, 11) is 0. The van der Waals surface area contributed by atoms with Crippen LogP contribution in [-0.4, -0.2) is 57.0 Å². The normalized spacial score (nSPS) is 18.7. The standard InChI is InChI=1S/C19H27N5O2S/c1-2-23-9-7-15(8-10-23)20-17(25)13-27-19-22-21-18(14-5-6-14)24(19)12-16-4-3-11-26-16/h3-4,11,14-15H,2,5-10,12-13H2,1H3,(H,20,25). The zero-order chi connectivity index (χ0) is 18.6. The summed E-state index contributed by atoms with van der Waals surface area (Å²) < 4.78 is 7.60. The molecule has 2 aromatic heterocycles. The lowest BCUT2D eigenvalue weighted by atomic mass is 10.1. The van der Waals surface area contributed by atoms with Gasteiger partial charge in [-0.15, -0.1) is 10.2 Å². The number of nitrogens with one attached hydrogen (secondary N) is 1. The molecule has 2 fully saturated rings. The van der Waals surface area contributed by atoms with Crippen molar-refractivity contribution in [1.82, 2.24) is 25.0 Å². The molecule has 1 N–H and O–H groups in total. The molecule has 0 radical (unpaired) electrons. The average Bonchev–Trinajstić information content (AvgIpc) is 3.25. The maximum Gasteiger partial charge on any atom is 0.230 e. The molecule has 4 rings (SSSR count). The molecule has 0 aromatic carbocycles.